The summed E-state index contributed by atoms with van der Waals surface area (Å²) < 4.78 is 28.1. The molecule has 0 aliphatic carbocycles. The van der Waals surface area contributed by atoms with Crippen molar-refractivity contribution in [3.63, 3.8) is 0 Å². The van der Waals surface area contributed by atoms with E-state index >= 15 is 0 Å². The normalized spacial score (nSPS) is 19.3. The summed E-state index contributed by atoms with van der Waals surface area (Å²) in [7, 11) is -3.60. The Morgan fingerprint density at radius 2 is 1.85 bits per heavy atom. The summed E-state index contributed by atoms with van der Waals surface area (Å²) in [6, 6.07) is 10.6. The Kier molecular flexibility index (Phi) is 6.59. The van der Waals surface area contributed by atoms with Gasteiger partial charge in [0.05, 0.1) is 4.90 Å². The Morgan fingerprint density at radius 3 is 2.58 bits per heavy atom. The Bertz CT molecular complexity index is 1190. The molecular weight excluding hydrogens is 438 g/mol. The molecule has 1 atom stereocenters. The van der Waals surface area contributed by atoms with E-state index in [1.54, 1.807) is 22.5 Å². The van der Waals surface area contributed by atoms with Crippen LogP contribution in [-0.4, -0.2) is 43.7 Å². The highest BCUT2D eigenvalue weighted by Crippen LogP contribution is 2.32. The smallest absolute Gasteiger partial charge is 0.244 e. The van der Waals surface area contributed by atoms with Crippen LogP contribution in [0.2, 0.25) is 0 Å². The van der Waals surface area contributed by atoms with Crippen molar-refractivity contribution in [2.45, 2.75) is 63.8 Å². The lowest BCUT2D eigenvalue weighted by atomic mass is 10.0. The fourth-order valence-electron chi connectivity index (χ4n) is 4.60. The van der Waals surface area contributed by atoms with E-state index in [9.17, 15) is 18.0 Å². The molecule has 0 saturated carbocycles. The fraction of sp³-hybridized carbons (Fsp3) is 0.440. The number of nitrogens with one attached hydrogen (secondary N) is 1. The van der Waals surface area contributed by atoms with Crippen LogP contribution in [0.1, 0.15) is 49.3 Å². The van der Waals surface area contributed by atoms with Crippen LogP contribution in [0, 0.1) is 13.8 Å². The minimum absolute atomic E-state index is 0.0213. The molecule has 0 spiro atoms. The standard InChI is InChI=1S/C25H31N3O4S/c1-17-7-9-21(14-18(17)2)26-24(29)16-27-23-11-10-22(15-20(23)8-12-25(27)30)33(31,32)28-13-5-4-6-19(28)3/h7,9-11,14-15,19H,4-6,8,12-13,16H2,1-3H3,(H,26,29)/t19-/m0/s1. The van der Waals surface area contributed by atoms with E-state index < -0.39 is 10.0 Å². The van der Waals surface area contributed by atoms with Gasteiger partial charge in [-0.3, -0.25) is 9.59 Å². The van der Waals surface area contributed by atoms with Crippen molar-refractivity contribution in [2.24, 2.45) is 0 Å². The van der Waals surface area contributed by atoms with Gasteiger partial charge in [-0.25, -0.2) is 8.42 Å². The molecule has 0 unspecified atom stereocenters. The first-order valence-corrected chi connectivity index (χ1v) is 12.9. The molecule has 1 saturated heterocycles. The molecule has 0 radical (unpaired) electrons. The number of rotatable bonds is 5. The molecule has 2 aromatic rings. The van der Waals surface area contributed by atoms with Gasteiger partial charge >= 0.3 is 0 Å². The number of carbonyl (C=O) groups excluding carboxylic acids is 2. The molecule has 2 heterocycles. The maximum atomic E-state index is 13.2. The topological polar surface area (TPSA) is 86.8 Å². The molecule has 4 rings (SSSR count). The van der Waals surface area contributed by atoms with Crippen molar-refractivity contribution in [2.75, 3.05) is 23.3 Å². The van der Waals surface area contributed by atoms with Gasteiger partial charge in [-0.05, 0) is 87.1 Å². The minimum Gasteiger partial charge on any atom is -0.325 e. The Labute approximate surface area is 195 Å². The van der Waals surface area contributed by atoms with Crippen molar-refractivity contribution in [3.05, 3.63) is 53.1 Å². The van der Waals surface area contributed by atoms with Crippen LogP contribution in [0.25, 0.3) is 0 Å². The number of amides is 2. The number of benzene rings is 2. The van der Waals surface area contributed by atoms with Gasteiger partial charge in [-0.15, -0.1) is 0 Å². The first-order valence-electron chi connectivity index (χ1n) is 11.5. The zero-order valence-corrected chi connectivity index (χ0v) is 20.2. The third kappa shape index (κ3) is 4.82. The van der Waals surface area contributed by atoms with E-state index in [1.807, 2.05) is 39.0 Å². The summed E-state index contributed by atoms with van der Waals surface area (Å²) in [6.07, 6.45) is 3.48. The maximum absolute atomic E-state index is 13.2. The summed E-state index contributed by atoms with van der Waals surface area (Å²) >= 11 is 0. The summed E-state index contributed by atoms with van der Waals surface area (Å²) in [6.45, 7) is 6.35. The van der Waals surface area contributed by atoms with Gasteiger partial charge < -0.3 is 10.2 Å². The molecule has 2 amide bonds. The van der Waals surface area contributed by atoms with Crippen LogP contribution in [0.3, 0.4) is 0 Å². The minimum atomic E-state index is -3.60. The number of piperidine rings is 1. The predicted octanol–water partition coefficient (Wildman–Crippen LogP) is 3.78. The lowest BCUT2D eigenvalue weighted by molar-refractivity contribution is -0.121. The number of anilines is 2. The average Bonchev–Trinajstić information content (AvgIpc) is 2.78. The lowest BCUT2D eigenvalue weighted by Crippen LogP contribution is -2.42. The zero-order chi connectivity index (χ0) is 23.8. The summed E-state index contributed by atoms with van der Waals surface area (Å²) in [5.74, 6) is -0.434. The van der Waals surface area contributed by atoms with E-state index in [1.165, 1.54) is 4.90 Å². The number of carbonyl (C=O) groups is 2. The molecule has 33 heavy (non-hydrogen) atoms. The molecule has 2 aliphatic rings. The molecule has 1 N–H and O–H groups in total. The molecular formula is C25H31N3O4S. The number of hydrogen-bond acceptors (Lipinski definition) is 4. The van der Waals surface area contributed by atoms with Crippen LogP contribution in [0.15, 0.2) is 41.3 Å². The quantitative estimate of drug-likeness (QED) is 0.722. The van der Waals surface area contributed by atoms with E-state index in [-0.39, 0.29) is 35.7 Å². The van der Waals surface area contributed by atoms with Crippen molar-refractivity contribution in [1.82, 2.24) is 4.31 Å². The Morgan fingerprint density at radius 1 is 1.06 bits per heavy atom. The Balaban J connectivity index is 1.55. The third-order valence-electron chi connectivity index (χ3n) is 6.69. The second kappa shape index (κ2) is 9.27. The van der Waals surface area contributed by atoms with E-state index in [0.717, 1.165) is 36.0 Å². The molecule has 2 aliphatic heterocycles. The van der Waals surface area contributed by atoms with Gasteiger partial charge in [-0.1, -0.05) is 12.5 Å². The highest BCUT2D eigenvalue weighted by molar-refractivity contribution is 7.89. The lowest BCUT2D eigenvalue weighted by Gasteiger charge is -2.33. The molecule has 0 aromatic heterocycles. The van der Waals surface area contributed by atoms with Crippen LogP contribution in [0.4, 0.5) is 11.4 Å². The van der Waals surface area contributed by atoms with Crippen LogP contribution in [0.5, 0.6) is 0 Å². The predicted molar refractivity (Wildman–Crippen MR) is 129 cm³/mol. The molecule has 176 valence electrons. The van der Waals surface area contributed by atoms with Gasteiger partial charge in [0.25, 0.3) is 0 Å². The molecule has 1 fully saturated rings. The molecule has 2 aromatic carbocycles. The number of fused-ring (bicyclic) bond motifs is 1. The van der Waals surface area contributed by atoms with Crippen molar-refractivity contribution >= 4 is 33.2 Å². The average molecular weight is 470 g/mol. The first kappa shape index (κ1) is 23.4. The van der Waals surface area contributed by atoms with Gasteiger partial charge in [-0.2, -0.15) is 4.31 Å². The van der Waals surface area contributed by atoms with Crippen molar-refractivity contribution in [3.8, 4) is 0 Å². The van der Waals surface area contributed by atoms with Gasteiger partial charge in [0.2, 0.25) is 21.8 Å². The van der Waals surface area contributed by atoms with Crippen molar-refractivity contribution < 1.29 is 18.0 Å². The van der Waals surface area contributed by atoms with Crippen LogP contribution in [-0.2, 0) is 26.0 Å². The summed E-state index contributed by atoms with van der Waals surface area (Å²) in [4.78, 5) is 27.0. The molecule has 0 bridgehead atoms. The zero-order valence-electron chi connectivity index (χ0n) is 19.4. The van der Waals surface area contributed by atoms with Crippen molar-refractivity contribution in [1.29, 1.82) is 0 Å². The summed E-state index contributed by atoms with van der Waals surface area (Å²) in [5, 5.41) is 2.86. The molecule has 7 nitrogen and oxygen atoms in total. The highest BCUT2D eigenvalue weighted by atomic mass is 32.2. The van der Waals surface area contributed by atoms with E-state index in [2.05, 4.69) is 5.32 Å². The summed E-state index contributed by atoms with van der Waals surface area (Å²) in [5.41, 5.74) is 4.28. The van der Waals surface area contributed by atoms with E-state index in [4.69, 9.17) is 0 Å². The van der Waals surface area contributed by atoms with E-state index in [0.29, 0.717) is 24.3 Å². The maximum Gasteiger partial charge on any atom is 0.244 e. The van der Waals surface area contributed by atoms with Gasteiger partial charge in [0.1, 0.15) is 6.54 Å². The van der Waals surface area contributed by atoms with Crippen LogP contribution < -0.4 is 10.2 Å². The number of nitrogens with zero attached hydrogens (tertiary/aromatic N) is 2. The SMILES string of the molecule is Cc1ccc(NC(=O)CN2C(=O)CCc3cc(S(=O)(=O)N4CCCC[C@@H]4C)ccc32)cc1C. The fourth-order valence-corrected chi connectivity index (χ4v) is 6.35. The molecule has 8 heteroatoms. The van der Waals surface area contributed by atoms with Gasteiger partial charge in [0, 0.05) is 30.4 Å². The second-order valence-electron chi connectivity index (χ2n) is 9.08. The van der Waals surface area contributed by atoms with Gasteiger partial charge in [0.15, 0.2) is 0 Å². The first-order chi connectivity index (χ1) is 15.7. The third-order valence-corrected chi connectivity index (χ3v) is 8.70. The van der Waals surface area contributed by atoms with Crippen LogP contribution >= 0.6 is 0 Å². The number of hydrogen-bond donors (Lipinski definition) is 1. The Hall–Kier alpha value is -2.71. The largest absolute Gasteiger partial charge is 0.325 e. The number of sulfonamides is 1. The second-order valence-corrected chi connectivity index (χ2v) is 11.0. The monoisotopic (exact) mass is 469 g/mol. The highest BCUT2D eigenvalue weighted by Gasteiger charge is 2.33. The number of aryl methyl sites for hydroxylation is 3.